The van der Waals surface area contributed by atoms with Crippen LogP contribution in [0.15, 0.2) is 29.3 Å². The molecule has 0 bridgehead atoms. The van der Waals surface area contributed by atoms with E-state index in [1.165, 1.54) is 13.3 Å². The van der Waals surface area contributed by atoms with Gasteiger partial charge in [-0.05, 0) is 12.1 Å². The third kappa shape index (κ3) is 6.51. The van der Waals surface area contributed by atoms with Crippen molar-refractivity contribution in [2.75, 3.05) is 26.7 Å². The first-order chi connectivity index (χ1) is 10.5. The normalized spacial score (nSPS) is 10.2. The molecule has 0 saturated heterocycles. The Morgan fingerprint density at radius 3 is 2.55 bits per heavy atom. The Morgan fingerprint density at radius 1 is 1.18 bits per heavy atom. The second kappa shape index (κ2) is 9.11. The Morgan fingerprint density at radius 2 is 1.86 bits per heavy atom. The van der Waals surface area contributed by atoms with Crippen molar-refractivity contribution in [2.45, 2.75) is 0 Å². The Bertz CT molecular complexity index is 571. The highest BCUT2D eigenvalue weighted by Crippen LogP contribution is 2.14. The van der Waals surface area contributed by atoms with E-state index in [4.69, 9.17) is 9.84 Å². The van der Waals surface area contributed by atoms with Gasteiger partial charge < -0.3 is 20.5 Å². The lowest BCUT2D eigenvalue weighted by atomic mass is 10.2. The van der Waals surface area contributed by atoms with Crippen LogP contribution in [0.2, 0.25) is 0 Å². The van der Waals surface area contributed by atoms with Crippen LogP contribution in [0.5, 0.6) is 5.75 Å². The third-order valence-electron chi connectivity index (χ3n) is 2.49. The molecule has 118 valence electrons. The first kappa shape index (κ1) is 17.2. The summed E-state index contributed by atoms with van der Waals surface area (Å²) in [5, 5.41) is 12.8. The highest BCUT2D eigenvalue weighted by molar-refractivity contribution is 5.89. The van der Waals surface area contributed by atoms with Crippen LogP contribution in [-0.4, -0.2) is 55.8 Å². The summed E-state index contributed by atoms with van der Waals surface area (Å²) in [6.07, 6.45) is 1.50. The van der Waals surface area contributed by atoms with Crippen molar-refractivity contribution in [3.63, 3.8) is 0 Å². The van der Waals surface area contributed by atoms with Gasteiger partial charge in [0.05, 0.1) is 13.7 Å². The molecule has 0 aliphatic carbocycles. The minimum Gasteiger partial charge on any atom is -0.496 e. The molecule has 22 heavy (non-hydrogen) atoms. The van der Waals surface area contributed by atoms with Crippen molar-refractivity contribution in [3.8, 4) is 5.75 Å². The average molecular weight is 307 g/mol. The van der Waals surface area contributed by atoms with Gasteiger partial charge in [0.2, 0.25) is 11.8 Å². The fraction of sp³-hybridized carbons (Fsp3) is 0.286. The van der Waals surface area contributed by atoms with Crippen LogP contribution < -0.4 is 15.4 Å². The molecule has 0 radical (unpaired) electrons. The maximum absolute atomic E-state index is 11.5. The van der Waals surface area contributed by atoms with E-state index in [9.17, 15) is 14.4 Å². The largest absolute Gasteiger partial charge is 0.496 e. The number of hydrogen-bond acceptors (Lipinski definition) is 5. The summed E-state index contributed by atoms with van der Waals surface area (Å²) in [6, 6.07) is 7.20. The molecule has 3 N–H and O–H groups in total. The summed E-state index contributed by atoms with van der Waals surface area (Å²) in [6.45, 7) is -0.929. The Labute approximate surface area is 127 Å². The molecule has 0 heterocycles. The molecule has 0 aliphatic heterocycles. The molecule has 0 spiro atoms. The minimum atomic E-state index is -1.15. The highest BCUT2D eigenvalue weighted by atomic mass is 16.5. The van der Waals surface area contributed by atoms with Crippen molar-refractivity contribution < 1.29 is 24.2 Å². The number of benzene rings is 1. The van der Waals surface area contributed by atoms with Gasteiger partial charge in [-0.1, -0.05) is 12.1 Å². The van der Waals surface area contributed by atoms with Crippen LogP contribution in [0.3, 0.4) is 0 Å². The smallest absolute Gasteiger partial charge is 0.322 e. The Hall–Kier alpha value is -2.90. The van der Waals surface area contributed by atoms with Gasteiger partial charge in [0.25, 0.3) is 0 Å². The number of methoxy groups -OCH3 is 1. The van der Waals surface area contributed by atoms with Crippen molar-refractivity contribution >= 4 is 24.0 Å². The molecule has 1 aromatic carbocycles. The summed E-state index contributed by atoms with van der Waals surface area (Å²) in [5.74, 6) is -1.54. The second-order valence-corrected chi connectivity index (χ2v) is 4.16. The SMILES string of the molecule is COc1ccccc1C=NCC(=O)NCC(=O)NCC(=O)O. The van der Waals surface area contributed by atoms with Crippen LogP contribution in [0.1, 0.15) is 5.56 Å². The van der Waals surface area contributed by atoms with Gasteiger partial charge in [-0.3, -0.25) is 19.4 Å². The van der Waals surface area contributed by atoms with Gasteiger partial charge in [0.15, 0.2) is 0 Å². The van der Waals surface area contributed by atoms with Gasteiger partial charge >= 0.3 is 5.97 Å². The average Bonchev–Trinajstić information content (AvgIpc) is 2.51. The van der Waals surface area contributed by atoms with Gasteiger partial charge in [0, 0.05) is 11.8 Å². The third-order valence-corrected chi connectivity index (χ3v) is 2.49. The fourth-order valence-electron chi connectivity index (χ4n) is 1.47. The molecule has 8 heteroatoms. The summed E-state index contributed by atoms with van der Waals surface area (Å²) in [5.41, 5.74) is 0.733. The predicted molar refractivity (Wildman–Crippen MR) is 79.1 cm³/mol. The zero-order valence-corrected chi connectivity index (χ0v) is 12.0. The summed E-state index contributed by atoms with van der Waals surface area (Å²) in [7, 11) is 1.54. The molecule has 0 saturated carbocycles. The number of carbonyl (C=O) groups excluding carboxylic acids is 2. The van der Waals surface area contributed by atoms with E-state index in [0.717, 1.165) is 5.56 Å². The maximum atomic E-state index is 11.5. The number of aliphatic imine (C=N–C) groups is 1. The lowest BCUT2D eigenvalue weighted by Gasteiger charge is -2.04. The van der Waals surface area contributed by atoms with E-state index in [2.05, 4.69) is 15.6 Å². The number of rotatable bonds is 8. The molecule has 0 aliphatic rings. The van der Waals surface area contributed by atoms with Gasteiger partial charge in [0.1, 0.15) is 18.8 Å². The number of ether oxygens (including phenoxy) is 1. The number of nitrogens with one attached hydrogen (secondary N) is 2. The maximum Gasteiger partial charge on any atom is 0.322 e. The van der Waals surface area contributed by atoms with Crippen LogP contribution in [-0.2, 0) is 14.4 Å². The van der Waals surface area contributed by atoms with E-state index in [1.807, 2.05) is 12.1 Å². The zero-order valence-electron chi connectivity index (χ0n) is 12.0. The topological polar surface area (TPSA) is 117 Å². The van der Waals surface area contributed by atoms with Crippen molar-refractivity contribution in [2.24, 2.45) is 4.99 Å². The van der Waals surface area contributed by atoms with Crippen LogP contribution in [0.25, 0.3) is 0 Å². The van der Waals surface area contributed by atoms with Crippen molar-refractivity contribution in [1.82, 2.24) is 10.6 Å². The molecule has 1 aromatic rings. The molecular formula is C14H17N3O5. The van der Waals surface area contributed by atoms with Crippen LogP contribution in [0, 0.1) is 0 Å². The molecular weight excluding hydrogens is 290 g/mol. The van der Waals surface area contributed by atoms with E-state index in [0.29, 0.717) is 5.75 Å². The molecule has 0 fully saturated rings. The minimum absolute atomic E-state index is 0.149. The molecule has 0 aromatic heterocycles. The quantitative estimate of drug-likeness (QED) is 0.556. The monoisotopic (exact) mass is 307 g/mol. The lowest BCUT2D eigenvalue weighted by molar-refractivity contribution is -0.137. The summed E-state index contributed by atoms with van der Waals surface area (Å²) >= 11 is 0. The van der Waals surface area contributed by atoms with Crippen molar-refractivity contribution in [3.05, 3.63) is 29.8 Å². The van der Waals surface area contributed by atoms with E-state index < -0.39 is 24.3 Å². The van der Waals surface area contributed by atoms with Gasteiger partial charge in [-0.25, -0.2) is 0 Å². The fourth-order valence-corrected chi connectivity index (χ4v) is 1.47. The second-order valence-electron chi connectivity index (χ2n) is 4.16. The molecule has 0 unspecified atom stereocenters. The van der Waals surface area contributed by atoms with Crippen LogP contribution >= 0.6 is 0 Å². The number of para-hydroxylation sites is 1. The number of aliphatic carboxylic acids is 1. The zero-order chi connectivity index (χ0) is 16.4. The van der Waals surface area contributed by atoms with Crippen molar-refractivity contribution in [1.29, 1.82) is 0 Å². The van der Waals surface area contributed by atoms with Crippen LogP contribution in [0.4, 0.5) is 0 Å². The van der Waals surface area contributed by atoms with E-state index in [-0.39, 0.29) is 13.1 Å². The molecule has 8 nitrogen and oxygen atoms in total. The first-order valence-electron chi connectivity index (χ1n) is 6.41. The molecule has 1 rings (SSSR count). The highest BCUT2D eigenvalue weighted by Gasteiger charge is 2.06. The number of hydrogen-bond donors (Lipinski definition) is 3. The van der Waals surface area contributed by atoms with E-state index in [1.54, 1.807) is 12.1 Å². The Kier molecular flexibility index (Phi) is 7.10. The van der Waals surface area contributed by atoms with Gasteiger partial charge in [-0.2, -0.15) is 0 Å². The molecule has 2 amide bonds. The number of nitrogens with zero attached hydrogens (tertiary/aromatic N) is 1. The lowest BCUT2D eigenvalue weighted by Crippen LogP contribution is -2.39. The number of carboxylic acids is 1. The first-order valence-corrected chi connectivity index (χ1v) is 6.41. The number of amides is 2. The summed E-state index contributed by atoms with van der Waals surface area (Å²) in [4.78, 5) is 36.9. The number of carboxylic acid groups (broad SMARTS) is 1. The summed E-state index contributed by atoms with van der Waals surface area (Å²) < 4.78 is 5.14. The predicted octanol–water partition coefficient (Wildman–Crippen LogP) is -0.569. The molecule has 0 atom stereocenters. The van der Waals surface area contributed by atoms with E-state index >= 15 is 0 Å². The van der Waals surface area contributed by atoms with Gasteiger partial charge in [-0.15, -0.1) is 0 Å². The standard InChI is InChI=1S/C14H17N3O5/c1-22-11-5-3-2-4-10(11)6-15-7-12(18)16-8-13(19)17-9-14(20)21/h2-6H,7-9H2,1H3,(H,16,18)(H,17,19)(H,20,21). The Balaban J connectivity index is 2.35. The number of carbonyl (C=O) groups is 3.